The summed E-state index contributed by atoms with van der Waals surface area (Å²) in [6, 6.07) is 6.17. The van der Waals surface area contributed by atoms with Gasteiger partial charge in [-0.25, -0.2) is 4.98 Å². The van der Waals surface area contributed by atoms with Gasteiger partial charge in [0.05, 0.1) is 0 Å². The topological polar surface area (TPSA) is 29.3 Å². The second-order valence-electron chi connectivity index (χ2n) is 4.85. The van der Waals surface area contributed by atoms with Crippen LogP contribution in [0.4, 0.5) is 5.82 Å². The molecule has 3 heteroatoms. The van der Waals surface area contributed by atoms with Gasteiger partial charge in [-0.3, -0.25) is 4.40 Å². The Morgan fingerprint density at radius 2 is 2.28 bits per heavy atom. The number of hydrogen-bond donors (Lipinski definition) is 1. The smallest absolute Gasteiger partial charge is 0.138 e. The number of aromatic nitrogens is 2. The quantitative estimate of drug-likeness (QED) is 0.828. The molecule has 1 N–H and O–H groups in total. The van der Waals surface area contributed by atoms with Crippen molar-refractivity contribution in [3.05, 3.63) is 42.2 Å². The van der Waals surface area contributed by atoms with E-state index < -0.39 is 0 Å². The van der Waals surface area contributed by atoms with Gasteiger partial charge in [0.2, 0.25) is 0 Å². The third-order valence-electron chi connectivity index (χ3n) is 3.57. The van der Waals surface area contributed by atoms with Crippen molar-refractivity contribution in [3.8, 4) is 0 Å². The highest BCUT2D eigenvalue weighted by atomic mass is 15.1. The van der Waals surface area contributed by atoms with Gasteiger partial charge in [-0.2, -0.15) is 0 Å². The molecule has 0 unspecified atom stereocenters. The van der Waals surface area contributed by atoms with Crippen LogP contribution in [0.1, 0.15) is 32.1 Å². The molecule has 0 saturated heterocycles. The predicted octanol–water partition coefficient (Wildman–Crippen LogP) is 3.64. The maximum atomic E-state index is 4.29. The lowest BCUT2D eigenvalue weighted by molar-refractivity contribution is 0.679. The third-order valence-corrected chi connectivity index (χ3v) is 3.57. The van der Waals surface area contributed by atoms with E-state index in [1.807, 2.05) is 24.5 Å². The molecule has 0 bridgehead atoms. The van der Waals surface area contributed by atoms with Gasteiger partial charge in [-0.15, -0.1) is 0 Å². The number of nitrogens with one attached hydrogen (secondary N) is 1. The Hall–Kier alpha value is -1.77. The van der Waals surface area contributed by atoms with Gasteiger partial charge < -0.3 is 5.32 Å². The molecule has 0 fully saturated rings. The lowest BCUT2D eigenvalue weighted by Gasteiger charge is -2.14. The Morgan fingerprint density at radius 3 is 3.17 bits per heavy atom. The zero-order valence-corrected chi connectivity index (χ0v) is 10.6. The van der Waals surface area contributed by atoms with Crippen LogP contribution in [0.2, 0.25) is 0 Å². The van der Waals surface area contributed by atoms with E-state index in [9.17, 15) is 0 Å². The molecule has 1 aliphatic rings. The molecule has 2 aromatic heterocycles. The van der Waals surface area contributed by atoms with Crippen LogP contribution in [-0.4, -0.2) is 15.9 Å². The fraction of sp³-hybridized carbons (Fsp3) is 0.400. The number of hydrogen-bond acceptors (Lipinski definition) is 2. The number of imidazole rings is 1. The van der Waals surface area contributed by atoms with Gasteiger partial charge >= 0.3 is 0 Å². The average Bonchev–Trinajstić information content (AvgIpc) is 2.89. The fourth-order valence-electron chi connectivity index (χ4n) is 2.57. The Morgan fingerprint density at radius 1 is 1.28 bits per heavy atom. The van der Waals surface area contributed by atoms with Crippen LogP contribution in [-0.2, 0) is 0 Å². The van der Waals surface area contributed by atoms with Gasteiger partial charge in [0.25, 0.3) is 0 Å². The SMILES string of the molecule is C1=C(CCNc2cccc3nccn23)CCCC1. The highest BCUT2D eigenvalue weighted by molar-refractivity contribution is 5.49. The fourth-order valence-corrected chi connectivity index (χ4v) is 2.57. The molecule has 0 radical (unpaired) electrons. The first-order valence-electron chi connectivity index (χ1n) is 6.77. The minimum Gasteiger partial charge on any atom is -0.371 e. The molecule has 1 aliphatic carbocycles. The summed E-state index contributed by atoms with van der Waals surface area (Å²) >= 11 is 0. The van der Waals surface area contributed by atoms with Crippen molar-refractivity contribution in [1.29, 1.82) is 0 Å². The van der Waals surface area contributed by atoms with Crippen molar-refractivity contribution in [2.45, 2.75) is 32.1 Å². The van der Waals surface area contributed by atoms with Crippen molar-refractivity contribution >= 4 is 11.5 Å². The number of rotatable bonds is 4. The summed E-state index contributed by atoms with van der Waals surface area (Å²) in [7, 11) is 0. The molecule has 2 aromatic rings. The summed E-state index contributed by atoms with van der Waals surface area (Å²) in [5.74, 6) is 1.13. The Balaban J connectivity index is 1.62. The summed E-state index contributed by atoms with van der Waals surface area (Å²) in [5, 5.41) is 3.50. The lowest BCUT2D eigenvalue weighted by Crippen LogP contribution is -2.07. The first-order valence-corrected chi connectivity index (χ1v) is 6.77. The Bertz CT molecular complexity index is 554. The van der Waals surface area contributed by atoms with Crippen LogP contribution in [0.3, 0.4) is 0 Å². The lowest BCUT2D eigenvalue weighted by atomic mass is 9.97. The maximum absolute atomic E-state index is 4.29. The highest BCUT2D eigenvalue weighted by Crippen LogP contribution is 2.20. The molecular weight excluding hydrogens is 222 g/mol. The van der Waals surface area contributed by atoms with E-state index in [0.717, 1.165) is 24.4 Å². The zero-order valence-electron chi connectivity index (χ0n) is 10.6. The molecule has 3 nitrogen and oxygen atoms in total. The summed E-state index contributed by atoms with van der Waals surface area (Å²) in [5.41, 5.74) is 2.61. The summed E-state index contributed by atoms with van der Waals surface area (Å²) < 4.78 is 2.09. The first kappa shape index (κ1) is 11.3. The second-order valence-corrected chi connectivity index (χ2v) is 4.85. The van der Waals surface area contributed by atoms with E-state index in [4.69, 9.17) is 0 Å². The van der Waals surface area contributed by atoms with E-state index in [1.54, 1.807) is 5.57 Å². The van der Waals surface area contributed by atoms with Crippen LogP contribution in [0.15, 0.2) is 42.2 Å². The molecule has 0 atom stereocenters. The van der Waals surface area contributed by atoms with Crippen molar-refractivity contribution in [3.63, 3.8) is 0 Å². The minimum atomic E-state index is 0.997. The van der Waals surface area contributed by atoms with Crippen molar-refractivity contribution in [2.24, 2.45) is 0 Å². The predicted molar refractivity (Wildman–Crippen MR) is 74.8 cm³/mol. The number of pyridine rings is 1. The van der Waals surface area contributed by atoms with Crippen LogP contribution in [0, 0.1) is 0 Å². The molecule has 3 rings (SSSR count). The van der Waals surface area contributed by atoms with Crippen molar-refractivity contribution in [2.75, 3.05) is 11.9 Å². The van der Waals surface area contributed by atoms with Crippen molar-refractivity contribution in [1.82, 2.24) is 9.38 Å². The van der Waals surface area contributed by atoms with Gasteiger partial charge in [0.1, 0.15) is 11.5 Å². The van der Waals surface area contributed by atoms with Crippen LogP contribution in [0.25, 0.3) is 5.65 Å². The van der Waals surface area contributed by atoms with E-state index in [1.165, 1.54) is 25.7 Å². The van der Waals surface area contributed by atoms with E-state index in [-0.39, 0.29) is 0 Å². The third kappa shape index (κ3) is 2.40. The molecular formula is C15H19N3. The Labute approximate surface area is 108 Å². The molecule has 0 saturated carbocycles. The van der Waals surface area contributed by atoms with Gasteiger partial charge in [-0.1, -0.05) is 17.7 Å². The second kappa shape index (κ2) is 5.25. The van der Waals surface area contributed by atoms with Crippen LogP contribution < -0.4 is 5.32 Å². The van der Waals surface area contributed by atoms with Gasteiger partial charge in [0, 0.05) is 18.9 Å². The molecule has 0 amide bonds. The molecule has 18 heavy (non-hydrogen) atoms. The molecule has 0 aliphatic heterocycles. The van der Waals surface area contributed by atoms with Crippen molar-refractivity contribution < 1.29 is 0 Å². The molecule has 94 valence electrons. The monoisotopic (exact) mass is 241 g/mol. The van der Waals surface area contributed by atoms with E-state index in [2.05, 4.69) is 26.8 Å². The maximum Gasteiger partial charge on any atom is 0.138 e. The number of allylic oxidation sites excluding steroid dienone is 1. The average molecular weight is 241 g/mol. The van der Waals surface area contributed by atoms with Gasteiger partial charge in [-0.05, 0) is 44.2 Å². The summed E-state index contributed by atoms with van der Waals surface area (Å²) in [4.78, 5) is 4.29. The first-order chi connectivity index (χ1) is 8.93. The normalized spacial score (nSPS) is 15.7. The number of anilines is 1. The van der Waals surface area contributed by atoms with Gasteiger partial charge in [0.15, 0.2) is 0 Å². The highest BCUT2D eigenvalue weighted by Gasteiger charge is 2.04. The van der Waals surface area contributed by atoms with E-state index >= 15 is 0 Å². The molecule has 0 spiro atoms. The minimum absolute atomic E-state index is 0.997. The molecule has 0 aromatic carbocycles. The van der Waals surface area contributed by atoms with E-state index in [0.29, 0.717) is 0 Å². The standard InChI is InChI=1S/C15H19N3/c1-2-5-13(6-3-1)9-10-16-14-7-4-8-15-17-11-12-18(14)15/h4-5,7-8,11-12,16H,1-3,6,9-10H2. The zero-order chi connectivity index (χ0) is 12.2. The largest absolute Gasteiger partial charge is 0.371 e. The van der Waals surface area contributed by atoms with Crippen LogP contribution >= 0.6 is 0 Å². The molecule has 2 heterocycles. The summed E-state index contributed by atoms with van der Waals surface area (Å²) in [6.45, 7) is 1.00. The number of nitrogens with zero attached hydrogens (tertiary/aromatic N) is 2. The number of fused-ring (bicyclic) bond motifs is 1. The van der Waals surface area contributed by atoms with Crippen LogP contribution in [0.5, 0.6) is 0 Å². The summed E-state index contributed by atoms with van der Waals surface area (Å²) in [6.07, 6.45) is 12.7. The Kier molecular flexibility index (Phi) is 3.31.